The summed E-state index contributed by atoms with van der Waals surface area (Å²) in [6.07, 6.45) is 1.84. The first kappa shape index (κ1) is 11.2. The van der Waals surface area contributed by atoms with Crippen LogP contribution in [-0.2, 0) is 0 Å². The maximum absolute atomic E-state index is 5.81. The van der Waals surface area contributed by atoms with Gasteiger partial charge in [0, 0.05) is 21.9 Å². The van der Waals surface area contributed by atoms with Crippen LogP contribution in [0.25, 0.3) is 17.0 Å². The zero-order valence-corrected chi connectivity index (χ0v) is 11.3. The molecule has 3 aromatic rings. The molecule has 0 amide bonds. The Bertz CT molecular complexity index is 733. The van der Waals surface area contributed by atoms with Crippen molar-refractivity contribution in [1.82, 2.24) is 14.6 Å². The summed E-state index contributed by atoms with van der Waals surface area (Å²) in [6.45, 7) is 2.05. The van der Waals surface area contributed by atoms with Gasteiger partial charge in [0.15, 0.2) is 11.5 Å². The van der Waals surface area contributed by atoms with E-state index in [0.717, 1.165) is 27.1 Å². The fourth-order valence-electron chi connectivity index (χ4n) is 1.97. The molecular formula is C13H11BrN4. The first-order valence-electron chi connectivity index (χ1n) is 5.52. The maximum Gasteiger partial charge on any atom is 0.168 e. The van der Waals surface area contributed by atoms with Crippen molar-refractivity contribution in [1.29, 1.82) is 0 Å². The lowest BCUT2D eigenvalue weighted by atomic mass is 10.1. The van der Waals surface area contributed by atoms with Crippen molar-refractivity contribution in [2.45, 2.75) is 6.92 Å². The molecule has 2 heterocycles. The minimum absolute atomic E-state index is 0.693. The summed E-state index contributed by atoms with van der Waals surface area (Å²) in [5.74, 6) is 0.808. The molecule has 0 bridgehead atoms. The second kappa shape index (κ2) is 4.10. The molecule has 0 saturated heterocycles. The molecule has 2 N–H and O–H groups in total. The Morgan fingerprint density at radius 1 is 1.17 bits per heavy atom. The average molecular weight is 303 g/mol. The first-order valence-corrected chi connectivity index (χ1v) is 6.31. The van der Waals surface area contributed by atoms with E-state index < -0.39 is 0 Å². The minimum atomic E-state index is 0.693. The third-order valence-electron chi connectivity index (χ3n) is 2.85. The second-order valence-electron chi connectivity index (χ2n) is 4.17. The van der Waals surface area contributed by atoms with Crippen molar-refractivity contribution in [2.75, 3.05) is 5.73 Å². The minimum Gasteiger partial charge on any atom is -0.398 e. The van der Waals surface area contributed by atoms with Crippen molar-refractivity contribution in [3.05, 3.63) is 46.6 Å². The number of pyridine rings is 1. The van der Waals surface area contributed by atoms with Crippen LogP contribution in [-0.4, -0.2) is 14.6 Å². The van der Waals surface area contributed by atoms with Crippen molar-refractivity contribution < 1.29 is 0 Å². The number of nitrogens with zero attached hydrogens (tertiary/aromatic N) is 3. The monoisotopic (exact) mass is 302 g/mol. The smallest absolute Gasteiger partial charge is 0.168 e. The van der Waals surface area contributed by atoms with Gasteiger partial charge in [0.05, 0.1) is 0 Å². The molecule has 0 radical (unpaired) electrons. The molecule has 3 rings (SSSR count). The number of fused-ring (bicyclic) bond motifs is 1. The number of nitrogens with two attached hydrogens (primary N) is 1. The van der Waals surface area contributed by atoms with Gasteiger partial charge in [0.2, 0.25) is 0 Å². The Hall–Kier alpha value is -1.88. The lowest BCUT2D eigenvalue weighted by molar-refractivity contribution is 1.11. The number of anilines is 1. The number of rotatable bonds is 1. The Labute approximate surface area is 113 Å². The first-order chi connectivity index (χ1) is 8.65. The van der Waals surface area contributed by atoms with E-state index in [2.05, 4.69) is 32.2 Å². The van der Waals surface area contributed by atoms with Crippen LogP contribution in [0.5, 0.6) is 0 Å². The van der Waals surface area contributed by atoms with Gasteiger partial charge in [-0.05, 0) is 42.8 Å². The van der Waals surface area contributed by atoms with E-state index >= 15 is 0 Å². The number of aromatic nitrogens is 3. The Morgan fingerprint density at radius 2 is 2.00 bits per heavy atom. The molecule has 0 unspecified atom stereocenters. The lowest BCUT2D eigenvalue weighted by Crippen LogP contribution is -1.94. The van der Waals surface area contributed by atoms with Gasteiger partial charge in [-0.25, -0.2) is 0 Å². The van der Waals surface area contributed by atoms with Gasteiger partial charge in [0.1, 0.15) is 0 Å². The van der Waals surface area contributed by atoms with E-state index in [4.69, 9.17) is 5.73 Å². The molecule has 1 aromatic carbocycles. The van der Waals surface area contributed by atoms with E-state index in [9.17, 15) is 0 Å². The molecule has 4 nitrogen and oxygen atoms in total. The molecule has 0 aliphatic rings. The second-order valence-corrected chi connectivity index (χ2v) is 5.09. The highest BCUT2D eigenvalue weighted by atomic mass is 79.9. The predicted molar refractivity (Wildman–Crippen MR) is 75.3 cm³/mol. The van der Waals surface area contributed by atoms with Crippen molar-refractivity contribution in [3.63, 3.8) is 0 Å². The van der Waals surface area contributed by atoms with Crippen molar-refractivity contribution in [2.24, 2.45) is 0 Å². The van der Waals surface area contributed by atoms with E-state index in [-0.39, 0.29) is 0 Å². The van der Waals surface area contributed by atoms with Crippen LogP contribution in [0, 0.1) is 6.92 Å². The van der Waals surface area contributed by atoms with Crippen molar-refractivity contribution in [3.8, 4) is 11.4 Å². The molecule has 90 valence electrons. The van der Waals surface area contributed by atoms with Crippen LogP contribution in [0.4, 0.5) is 5.69 Å². The van der Waals surface area contributed by atoms with Gasteiger partial charge in [-0.3, -0.25) is 4.40 Å². The molecule has 0 fully saturated rings. The van der Waals surface area contributed by atoms with Crippen LogP contribution >= 0.6 is 15.9 Å². The summed E-state index contributed by atoms with van der Waals surface area (Å²) >= 11 is 3.46. The maximum atomic E-state index is 5.81. The largest absolute Gasteiger partial charge is 0.398 e. The van der Waals surface area contributed by atoms with Crippen LogP contribution in [0.2, 0.25) is 0 Å². The van der Waals surface area contributed by atoms with Crippen LogP contribution in [0.3, 0.4) is 0 Å². The standard InChI is InChI=1S/C13H11BrN4/c1-8-6-9(14)2-4-11(8)13-17-16-12-5-3-10(15)7-18(12)13/h2-7H,15H2,1H3. The van der Waals surface area contributed by atoms with E-state index in [1.165, 1.54) is 0 Å². The number of hydrogen-bond donors (Lipinski definition) is 1. The molecule has 18 heavy (non-hydrogen) atoms. The SMILES string of the molecule is Cc1cc(Br)ccc1-c1nnc2ccc(N)cn12. The van der Waals surface area contributed by atoms with Gasteiger partial charge < -0.3 is 5.73 Å². The molecular weight excluding hydrogens is 292 g/mol. The van der Waals surface area contributed by atoms with E-state index in [0.29, 0.717) is 5.69 Å². The van der Waals surface area contributed by atoms with Gasteiger partial charge in [-0.1, -0.05) is 15.9 Å². The fourth-order valence-corrected chi connectivity index (χ4v) is 2.44. The molecule has 0 aliphatic heterocycles. The zero-order valence-electron chi connectivity index (χ0n) is 9.76. The highest BCUT2D eigenvalue weighted by molar-refractivity contribution is 9.10. The van der Waals surface area contributed by atoms with Gasteiger partial charge in [-0.15, -0.1) is 10.2 Å². The highest BCUT2D eigenvalue weighted by Gasteiger charge is 2.10. The Balaban J connectivity index is 2.28. The number of hydrogen-bond acceptors (Lipinski definition) is 3. The van der Waals surface area contributed by atoms with Crippen LogP contribution in [0.15, 0.2) is 41.0 Å². The van der Waals surface area contributed by atoms with E-state index in [1.807, 2.05) is 41.8 Å². The average Bonchev–Trinajstić information content (AvgIpc) is 2.72. The molecule has 0 aliphatic carbocycles. The number of halogens is 1. The summed E-state index contributed by atoms with van der Waals surface area (Å²) < 4.78 is 2.96. The normalized spacial score (nSPS) is 11.0. The number of benzene rings is 1. The molecule has 0 saturated carbocycles. The summed E-state index contributed by atoms with van der Waals surface area (Å²) in [6, 6.07) is 9.76. The summed E-state index contributed by atoms with van der Waals surface area (Å²) in [5, 5.41) is 8.38. The molecule has 0 spiro atoms. The molecule has 0 atom stereocenters. The highest BCUT2D eigenvalue weighted by Crippen LogP contribution is 2.25. The van der Waals surface area contributed by atoms with Gasteiger partial charge in [0.25, 0.3) is 0 Å². The van der Waals surface area contributed by atoms with Gasteiger partial charge in [-0.2, -0.15) is 0 Å². The Kier molecular flexibility index (Phi) is 2.56. The van der Waals surface area contributed by atoms with Crippen molar-refractivity contribution >= 4 is 27.3 Å². The third-order valence-corrected chi connectivity index (χ3v) is 3.35. The Morgan fingerprint density at radius 3 is 2.78 bits per heavy atom. The predicted octanol–water partition coefficient (Wildman–Crippen LogP) is 3.05. The van der Waals surface area contributed by atoms with E-state index in [1.54, 1.807) is 0 Å². The van der Waals surface area contributed by atoms with Gasteiger partial charge >= 0.3 is 0 Å². The van der Waals surface area contributed by atoms with Crippen LogP contribution < -0.4 is 5.73 Å². The lowest BCUT2D eigenvalue weighted by Gasteiger charge is -2.05. The molecule has 5 heteroatoms. The van der Waals surface area contributed by atoms with Crippen LogP contribution in [0.1, 0.15) is 5.56 Å². The summed E-state index contributed by atoms with van der Waals surface area (Å²) in [5.41, 5.74) is 9.49. The zero-order chi connectivity index (χ0) is 12.7. The summed E-state index contributed by atoms with van der Waals surface area (Å²) in [4.78, 5) is 0. The summed E-state index contributed by atoms with van der Waals surface area (Å²) in [7, 11) is 0. The number of nitrogen functional groups attached to an aromatic ring is 1. The third kappa shape index (κ3) is 1.76. The fraction of sp³-hybridized carbons (Fsp3) is 0.0769. The topological polar surface area (TPSA) is 56.2 Å². The number of aryl methyl sites for hydroxylation is 1. The molecule has 2 aromatic heterocycles. The quantitative estimate of drug-likeness (QED) is 0.751.